The Balaban J connectivity index is 3.84. The maximum Gasteiger partial charge on any atom is 0.317 e. The van der Waals surface area contributed by atoms with Gasteiger partial charge in [-0.15, -0.1) is 0 Å². The van der Waals surface area contributed by atoms with E-state index in [1.807, 2.05) is 18.7 Å². The van der Waals surface area contributed by atoms with Crippen LogP contribution in [0.15, 0.2) is 0 Å². The van der Waals surface area contributed by atoms with Crippen LogP contribution in [0.4, 0.5) is 0 Å². The highest BCUT2D eigenvalue weighted by Crippen LogP contribution is 2.02. The van der Waals surface area contributed by atoms with Gasteiger partial charge in [0.25, 0.3) is 0 Å². The molecule has 0 aromatic heterocycles. The molecule has 1 N–H and O–H groups in total. The van der Waals surface area contributed by atoms with Gasteiger partial charge in [-0.05, 0) is 19.9 Å². The number of ether oxygens (including phenoxy) is 1. The molecule has 0 rings (SSSR count). The van der Waals surface area contributed by atoms with Gasteiger partial charge in [0.2, 0.25) is 0 Å². The lowest BCUT2D eigenvalue weighted by molar-refractivity contribution is -0.138. The molecule has 0 aliphatic carbocycles. The van der Waals surface area contributed by atoms with Crippen LogP contribution in [0.1, 0.15) is 20.3 Å². The van der Waals surface area contributed by atoms with E-state index in [2.05, 4.69) is 0 Å². The lowest BCUT2D eigenvalue weighted by atomic mass is 10.2. The average Bonchev–Trinajstić information content (AvgIpc) is 2.09. The Morgan fingerprint density at radius 1 is 1.62 bits per heavy atom. The summed E-state index contributed by atoms with van der Waals surface area (Å²) in [5, 5.41) is 8.62. The summed E-state index contributed by atoms with van der Waals surface area (Å²) in [5.41, 5.74) is 0. The van der Waals surface area contributed by atoms with E-state index in [9.17, 15) is 4.79 Å². The van der Waals surface area contributed by atoms with Crippen LogP contribution >= 0.6 is 0 Å². The van der Waals surface area contributed by atoms with E-state index >= 15 is 0 Å². The van der Waals surface area contributed by atoms with Gasteiger partial charge in [0.05, 0.1) is 6.54 Å². The Morgan fingerprint density at radius 2 is 2.23 bits per heavy atom. The zero-order valence-corrected chi connectivity index (χ0v) is 8.62. The molecule has 0 amide bonds. The molecule has 0 aromatic rings. The molecular formula is C9H19NO3. The van der Waals surface area contributed by atoms with Crippen molar-refractivity contribution >= 4 is 5.97 Å². The number of aliphatic carboxylic acids is 1. The molecule has 0 saturated heterocycles. The minimum atomic E-state index is -0.772. The highest BCUT2D eigenvalue weighted by molar-refractivity contribution is 5.69. The van der Waals surface area contributed by atoms with Crippen molar-refractivity contribution in [1.82, 2.24) is 4.90 Å². The molecule has 78 valence electrons. The van der Waals surface area contributed by atoms with E-state index in [4.69, 9.17) is 9.84 Å². The summed E-state index contributed by atoms with van der Waals surface area (Å²) in [7, 11) is 1.65. The fourth-order valence-electron chi connectivity index (χ4n) is 1.22. The summed E-state index contributed by atoms with van der Waals surface area (Å²) < 4.78 is 4.94. The summed E-state index contributed by atoms with van der Waals surface area (Å²) in [6.45, 7) is 5.54. The van der Waals surface area contributed by atoms with Crippen molar-refractivity contribution in [3.05, 3.63) is 0 Å². The molecule has 4 nitrogen and oxygen atoms in total. The van der Waals surface area contributed by atoms with Crippen molar-refractivity contribution in [2.75, 3.05) is 26.8 Å². The average molecular weight is 189 g/mol. The number of hydrogen-bond acceptors (Lipinski definition) is 3. The van der Waals surface area contributed by atoms with Crippen molar-refractivity contribution in [1.29, 1.82) is 0 Å². The van der Waals surface area contributed by atoms with Gasteiger partial charge < -0.3 is 9.84 Å². The number of rotatable bonds is 7. The molecule has 0 aliphatic rings. The van der Waals surface area contributed by atoms with E-state index in [-0.39, 0.29) is 12.6 Å². The second-order valence-corrected chi connectivity index (χ2v) is 3.09. The van der Waals surface area contributed by atoms with Crippen LogP contribution < -0.4 is 0 Å². The third-order valence-electron chi connectivity index (χ3n) is 2.11. The van der Waals surface area contributed by atoms with Gasteiger partial charge in [0.1, 0.15) is 0 Å². The zero-order chi connectivity index (χ0) is 10.3. The Bertz CT molecular complexity index is 150. The predicted molar refractivity (Wildman–Crippen MR) is 50.8 cm³/mol. The topological polar surface area (TPSA) is 49.8 Å². The van der Waals surface area contributed by atoms with Gasteiger partial charge >= 0.3 is 5.97 Å². The number of carboxylic acids is 1. The maximum absolute atomic E-state index is 10.5. The minimum Gasteiger partial charge on any atom is -0.480 e. The van der Waals surface area contributed by atoms with Crippen LogP contribution in [0, 0.1) is 0 Å². The third kappa shape index (κ3) is 5.60. The Kier molecular flexibility index (Phi) is 6.54. The summed E-state index contributed by atoms with van der Waals surface area (Å²) in [6.07, 6.45) is 0.873. The van der Waals surface area contributed by atoms with Crippen molar-refractivity contribution in [3.63, 3.8) is 0 Å². The summed E-state index contributed by atoms with van der Waals surface area (Å²) in [5.74, 6) is -0.772. The number of methoxy groups -OCH3 is 1. The number of carbonyl (C=O) groups is 1. The second kappa shape index (κ2) is 6.86. The Morgan fingerprint density at radius 3 is 2.62 bits per heavy atom. The van der Waals surface area contributed by atoms with Gasteiger partial charge in [0, 0.05) is 19.8 Å². The first-order chi connectivity index (χ1) is 6.11. The molecular weight excluding hydrogens is 170 g/mol. The standard InChI is InChI=1S/C9H19NO3/c1-4-10(7-9(11)12)8(2)5-6-13-3/h8H,4-7H2,1-3H3,(H,11,12). The third-order valence-corrected chi connectivity index (χ3v) is 2.11. The van der Waals surface area contributed by atoms with Crippen molar-refractivity contribution in [3.8, 4) is 0 Å². The van der Waals surface area contributed by atoms with Crippen LogP contribution in [-0.4, -0.2) is 48.8 Å². The monoisotopic (exact) mass is 189 g/mol. The number of carboxylic acid groups (broad SMARTS) is 1. The van der Waals surface area contributed by atoms with E-state index in [0.29, 0.717) is 6.61 Å². The van der Waals surface area contributed by atoms with Crippen LogP contribution in [0.3, 0.4) is 0 Å². The van der Waals surface area contributed by atoms with Crippen LogP contribution in [0.2, 0.25) is 0 Å². The fraction of sp³-hybridized carbons (Fsp3) is 0.889. The van der Waals surface area contributed by atoms with Crippen molar-refractivity contribution in [2.24, 2.45) is 0 Å². The summed E-state index contributed by atoms with van der Waals surface area (Å²) >= 11 is 0. The molecule has 4 heteroatoms. The van der Waals surface area contributed by atoms with Crippen LogP contribution in [0.5, 0.6) is 0 Å². The van der Waals surface area contributed by atoms with E-state index in [0.717, 1.165) is 13.0 Å². The molecule has 13 heavy (non-hydrogen) atoms. The maximum atomic E-state index is 10.5. The summed E-state index contributed by atoms with van der Waals surface area (Å²) in [6, 6.07) is 0.265. The van der Waals surface area contributed by atoms with Gasteiger partial charge in [-0.3, -0.25) is 9.69 Å². The van der Waals surface area contributed by atoms with E-state index in [1.165, 1.54) is 0 Å². The smallest absolute Gasteiger partial charge is 0.317 e. The first-order valence-corrected chi connectivity index (χ1v) is 4.56. The van der Waals surface area contributed by atoms with Crippen LogP contribution in [0.25, 0.3) is 0 Å². The second-order valence-electron chi connectivity index (χ2n) is 3.09. The highest BCUT2D eigenvalue weighted by Gasteiger charge is 2.14. The highest BCUT2D eigenvalue weighted by atomic mass is 16.5. The minimum absolute atomic E-state index is 0.112. The lowest BCUT2D eigenvalue weighted by Crippen LogP contribution is -2.37. The first-order valence-electron chi connectivity index (χ1n) is 4.56. The Hall–Kier alpha value is -0.610. The summed E-state index contributed by atoms with van der Waals surface area (Å²) in [4.78, 5) is 12.4. The van der Waals surface area contributed by atoms with Crippen molar-refractivity contribution in [2.45, 2.75) is 26.3 Å². The zero-order valence-electron chi connectivity index (χ0n) is 8.62. The van der Waals surface area contributed by atoms with Gasteiger partial charge in [-0.2, -0.15) is 0 Å². The quantitative estimate of drug-likeness (QED) is 0.644. The van der Waals surface area contributed by atoms with Crippen molar-refractivity contribution < 1.29 is 14.6 Å². The van der Waals surface area contributed by atoms with Gasteiger partial charge in [0.15, 0.2) is 0 Å². The lowest BCUT2D eigenvalue weighted by Gasteiger charge is -2.25. The number of nitrogens with zero attached hydrogens (tertiary/aromatic N) is 1. The molecule has 0 bridgehead atoms. The molecule has 0 radical (unpaired) electrons. The van der Waals surface area contributed by atoms with Gasteiger partial charge in [-0.25, -0.2) is 0 Å². The molecule has 0 saturated carbocycles. The largest absolute Gasteiger partial charge is 0.480 e. The molecule has 0 spiro atoms. The molecule has 0 fully saturated rings. The number of likely N-dealkylation sites (N-methyl/N-ethyl adjacent to an activating group) is 1. The molecule has 0 heterocycles. The normalized spacial score (nSPS) is 13.2. The number of hydrogen-bond donors (Lipinski definition) is 1. The van der Waals surface area contributed by atoms with E-state index < -0.39 is 5.97 Å². The fourth-order valence-corrected chi connectivity index (χ4v) is 1.22. The van der Waals surface area contributed by atoms with Gasteiger partial charge in [-0.1, -0.05) is 6.92 Å². The SMILES string of the molecule is CCN(CC(=O)O)C(C)CCOC. The van der Waals surface area contributed by atoms with Crippen LogP contribution in [-0.2, 0) is 9.53 Å². The molecule has 1 atom stereocenters. The molecule has 0 aromatic carbocycles. The first kappa shape index (κ1) is 12.4. The Labute approximate surface area is 79.5 Å². The predicted octanol–water partition coefficient (Wildman–Crippen LogP) is 0.818. The van der Waals surface area contributed by atoms with E-state index in [1.54, 1.807) is 7.11 Å². The molecule has 1 unspecified atom stereocenters. The molecule has 0 aliphatic heterocycles.